The van der Waals surface area contributed by atoms with Crippen molar-refractivity contribution in [3.05, 3.63) is 18.2 Å². The number of thioether (sulfide) groups is 1. The van der Waals surface area contributed by atoms with Gasteiger partial charge in [-0.25, -0.2) is 0 Å². The van der Waals surface area contributed by atoms with Gasteiger partial charge in [-0.05, 0) is 36.8 Å². The molecule has 0 aliphatic carbocycles. The molecule has 0 atom stereocenters. The van der Waals surface area contributed by atoms with E-state index in [1.165, 1.54) is 18.3 Å². The minimum Gasteiger partial charge on any atom is -0.371 e. The van der Waals surface area contributed by atoms with Gasteiger partial charge in [0.1, 0.15) is 5.69 Å². The van der Waals surface area contributed by atoms with E-state index in [0.29, 0.717) is 16.5 Å². The lowest BCUT2D eigenvalue weighted by atomic mass is 10.2. The molecule has 7 nitrogen and oxygen atoms in total. The molecule has 0 aliphatic heterocycles. The normalized spacial score (nSPS) is 11.1. The number of azo groups is 1. The summed E-state index contributed by atoms with van der Waals surface area (Å²) in [4.78, 5) is 13.9. The number of nitrogens with one attached hydrogen (secondary N) is 1. The van der Waals surface area contributed by atoms with Crippen LogP contribution in [0.5, 0.6) is 0 Å². The van der Waals surface area contributed by atoms with E-state index >= 15 is 0 Å². The van der Waals surface area contributed by atoms with E-state index in [-0.39, 0.29) is 5.91 Å². The summed E-state index contributed by atoms with van der Waals surface area (Å²) in [5.74, 6) is 0.796. The highest BCUT2D eigenvalue weighted by Gasteiger charge is 2.11. The fourth-order valence-electron chi connectivity index (χ4n) is 2.53. The second-order valence-corrected chi connectivity index (χ2v) is 8.32. The Bertz CT molecular complexity index is 771. The van der Waals surface area contributed by atoms with Crippen LogP contribution in [-0.2, 0) is 4.79 Å². The van der Waals surface area contributed by atoms with Crippen LogP contribution in [0, 0.1) is 0 Å². The molecule has 27 heavy (non-hydrogen) atoms. The van der Waals surface area contributed by atoms with Crippen LogP contribution < -0.4 is 10.2 Å². The molecular formula is C18H26N6OS2. The first-order valence-corrected chi connectivity index (χ1v) is 10.9. The first kappa shape index (κ1) is 21.3. The molecule has 9 heteroatoms. The summed E-state index contributed by atoms with van der Waals surface area (Å²) >= 11 is 3.03. The van der Waals surface area contributed by atoms with Gasteiger partial charge < -0.3 is 10.2 Å². The molecule has 146 valence electrons. The summed E-state index contributed by atoms with van der Waals surface area (Å²) in [5.41, 5.74) is 2.31. The molecule has 0 radical (unpaired) electrons. The minimum absolute atomic E-state index is 0.140. The standard InChI is InChI=1S/C18H26N6OS2/c1-5-10-24(11-6-2)14-8-9-15(16(12-14)19-13(4)25)20-21-17-22-23-18(27-17)26-7-3/h8-9,12H,5-7,10-11H2,1-4H3,(H,19,25). The summed E-state index contributed by atoms with van der Waals surface area (Å²) in [6.07, 6.45) is 2.12. The van der Waals surface area contributed by atoms with Crippen LogP contribution in [0.15, 0.2) is 32.8 Å². The zero-order valence-electron chi connectivity index (χ0n) is 16.2. The number of hydrogen-bond donors (Lipinski definition) is 1. The van der Waals surface area contributed by atoms with Crippen molar-refractivity contribution in [3.63, 3.8) is 0 Å². The van der Waals surface area contributed by atoms with Crippen molar-refractivity contribution < 1.29 is 4.79 Å². The first-order chi connectivity index (χ1) is 13.1. The second-order valence-electron chi connectivity index (χ2n) is 5.85. The van der Waals surface area contributed by atoms with Crippen LogP contribution >= 0.6 is 23.1 Å². The van der Waals surface area contributed by atoms with Crippen LogP contribution in [0.4, 0.5) is 22.2 Å². The molecule has 1 amide bonds. The van der Waals surface area contributed by atoms with E-state index < -0.39 is 0 Å². The summed E-state index contributed by atoms with van der Waals surface area (Å²) in [6.45, 7) is 9.81. The van der Waals surface area contributed by atoms with Crippen molar-refractivity contribution in [2.45, 2.75) is 44.9 Å². The molecule has 2 aromatic rings. The maximum Gasteiger partial charge on any atom is 0.252 e. The van der Waals surface area contributed by atoms with Crippen molar-refractivity contribution in [1.29, 1.82) is 0 Å². The molecule has 0 aliphatic rings. The maximum atomic E-state index is 11.6. The highest BCUT2D eigenvalue weighted by Crippen LogP contribution is 2.33. The van der Waals surface area contributed by atoms with Crippen molar-refractivity contribution in [3.8, 4) is 0 Å². The molecule has 1 N–H and O–H groups in total. The fourth-order valence-corrected chi connectivity index (χ4v) is 4.09. The Morgan fingerprint density at radius 2 is 1.93 bits per heavy atom. The number of carbonyl (C=O) groups is 1. The number of amides is 1. The second kappa shape index (κ2) is 11.0. The van der Waals surface area contributed by atoms with Crippen LogP contribution in [0.2, 0.25) is 0 Å². The van der Waals surface area contributed by atoms with Crippen molar-refractivity contribution >= 4 is 51.2 Å². The van der Waals surface area contributed by atoms with Crippen LogP contribution in [0.1, 0.15) is 40.5 Å². The topological polar surface area (TPSA) is 82.8 Å². The first-order valence-electron chi connectivity index (χ1n) is 9.12. The Morgan fingerprint density at radius 3 is 2.56 bits per heavy atom. The smallest absolute Gasteiger partial charge is 0.252 e. The molecule has 0 unspecified atom stereocenters. The lowest BCUT2D eigenvalue weighted by Crippen LogP contribution is -2.24. The van der Waals surface area contributed by atoms with Gasteiger partial charge in [-0.15, -0.1) is 20.4 Å². The summed E-state index contributed by atoms with van der Waals surface area (Å²) < 4.78 is 0.874. The summed E-state index contributed by atoms with van der Waals surface area (Å²) in [7, 11) is 0. The molecule has 0 saturated heterocycles. The van der Waals surface area contributed by atoms with Gasteiger partial charge in [0.25, 0.3) is 5.13 Å². The van der Waals surface area contributed by atoms with E-state index in [0.717, 1.165) is 41.7 Å². The van der Waals surface area contributed by atoms with E-state index in [1.807, 2.05) is 18.2 Å². The number of benzene rings is 1. The average molecular weight is 407 g/mol. The zero-order chi connectivity index (χ0) is 19.6. The monoisotopic (exact) mass is 406 g/mol. The third kappa shape index (κ3) is 6.59. The Labute approximate surface area is 168 Å². The van der Waals surface area contributed by atoms with Crippen molar-refractivity contribution in [1.82, 2.24) is 10.2 Å². The molecule has 0 saturated carbocycles. The Kier molecular flexibility index (Phi) is 8.66. The molecule has 0 fully saturated rings. The highest BCUT2D eigenvalue weighted by atomic mass is 32.2. The van der Waals surface area contributed by atoms with E-state index in [9.17, 15) is 4.79 Å². The number of anilines is 2. The van der Waals surface area contributed by atoms with Crippen LogP contribution in [-0.4, -0.2) is 34.9 Å². The number of carbonyl (C=O) groups excluding carboxylic acids is 1. The van der Waals surface area contributed by atoms with Gasteiger partial charge >= 0.3 is 0 Å². The number of aromatic nitrogens is 2. The summed E-state index contributed by atoms with van der Waals surface area (Å²) in [5, 5.41) is 19.9. The molecule has 1 aromatic carbocycles. The number of hydrogen-bond acceptors (Lipinski definition) is 8. The maximum absolute atomic E-state index is 11.6. The molecule has 2 rings (SSSR count). The predicted octanol–water partition coefficient (Wildman–Crippen LogP) is 5.65. The minimum atomic E-state index is -0.140. The molecule has 0 bridgehead atoms. The fraction of sp³-hybridized carbons (Fsp3) is 0.500. The van der Waals surface area contributed by atoms with E-state index in [1.54, 1.807) is 11.8 Å². The van der Waals surface area contributed by atoms with Gasteiger partial charge in [0.15, 0.2) is 4.34 Å². The van der Waals surface area contributed by atoms with Gasteiger partial charge in [0.05, 0.1) is 5.69 Å². The Hall–Kier alpha value is -2.00. The Morgan fingerprint density at radius 1 is 1.19 bits per heavy atom. The predicted molar refractivity (Wildman–Crippen MR) is 114 cm³/mol. The van der Waals surface area contributed by atoms with Gasteiger partial charge in [0.2, 0.25) is 5.91 Å². The molecule has 0 spiro atoms. The van der Waals surface area contributed by atoms with E-state index in [2.05, 4.69) is 51.4 Å². The summed E-state index contributed by atoms with van der Waals surface area (Å²) in [6, 6.07) is 5.86. The van der Waals surface area contributed by atoms with Crippen LogP contribution in [0.25, 0.3) is 0 Å². The SMILES string of the molecule is CCCN(CCC)c1ccc(N=Nc2nnc(SCC)s2)c(NC(C)=O)c1. The lowest BCUT2D eigenvalue weighted by molar-refractivity contribution is -0.114. The third-order valence-electron chi connectivity index (χ3n) is 3.55. The van der Waals surface area contributed by atoms with Crippen molar-refractivity contribution in [2.75, 3.05) is 29.1 Å². The van der Waals surface area contributed by atoms with E-state index in [4.69, 9.17) is 0 Å². The van der Waals surface area contributed by atoms with Gasteiger partial charge in [0, 0.05) is 25.7 Å². The van der Waals surface area contributed by atoms with Crippen LogP contribution in [0.3, 0.4) is 0 Å². The van der Waals surface area contributed by atoms with Gasteiger partial charge in [-0.3, -0.25) is 4.79 Å². The third-order valence-corrected chi connectivity index (χ3v) is 5.37. The van der Waals surface area contributed by atoms with Crippen molar-refractivity contribution in [2.24, 2.45) is 10.2 Å². The molecule has 1 heterocycles. The van der Waals surface area contributed by atoms with Gasteiger partial charge in [-0.2, -0.15) is 0 Å². The molecule has 1 aromatic heterocycles. The zero-order valence-corrected chi connectivity index (χ0v) is 17.9. The van der Waals surface area contributed by atoms with Gasteiger partial charge in [-0.1, -0.05) is 43.9 Å². The quantitative estimate of drug-likeness (QED) is 0.407. The number of nitrogens with zero attached hydrogens (tertiary/aromatic N) is 5. The number of rotatable bonds is 10. The highest BCUT2D eigenvalue weighted by molar-refractivity contribution is 8.01. The molecular weight excluding hydrogens is 380 g/mol. The largest absolute Gasteiger partial charge is 0.371 e. The Balaban J connectivity index is 2.28. The lowest BCUT2D eigenvalue weighted by Gasteiger charge is -2.24. The average Bonchev–Trinajstić information content (AvgIpc) is 3.08.